The zero-order chi connectivity index (χ0) is 14.1. The largest absolute Gasteiger partial charge is 0.380 e. The highest BCUT2D eigenvalue weighted by Gasteiger charge is 2.18. The second-order valence-electron chi connectivity index (χ2n) is 3.55. The molecule has 7 heteroatoms. The monoisotopic (exact) mass is 281 g/mol. The number of hydrogen-bond donors (Lipinski definition) is 1. The molecule has 0 saturated carbocycles. The van der Waals surface area contributed by atoms with Gasteiger partial charge < -0.3 is 4.74 Å². The number of nitriles is 1. The van der Waals surface area contributed by atoms with Gasteiger partial charge in [-0.15, -0.1) is 6.58 Å². The molecule has 19 heavy (non-hydrogen) atoms. The Morgan fingerprint density at radius 2 is 2.32 bits per heavy atom. The van der Waals surface area contributed by atoms with Crippen molar-refractivity contribution in [2.45, 2.75) is 11.3 Å². The molecule has 6 nitrogen and oxygen atoms in total. The molecule has 102 valence electrons. The Balaban J connectivity index is 2.57. The minimum Gasteiger partial charge on any atom is -0.380 e. The van der Waals surface area contributed by atoms with Crippen LogP contribution in [0, 0.1) is 11.3 Å². The van der Waals surface area contributed by atoms with Crippen LogP contribution in [0.15, 0.2) is 35.9 Å². The summed E-state index contributed by atoms with van der Waals surface area (Å²) in [6.45, 7) is 4.45. The number of nitrogens with one attached hydrogen (secondary N) is 1. The Bertz CT molecular complexity index is 564. The molecule has 0 aliphatic rings. The van der Waals surface area contributed by atoms with E-state index >= 15 is 0 Å². The van der Waals surface area contributed by atoms with Crippen LogP contribution in [0.1, 0.15) is 12.1 Å². The second kappa shape index (κ2) is 7.63. The quantitative estimate of drug-likeness (QED) is 0.562. The van der Waals surface area contributed by atoms with Crippen molar-refractivity contribution in [3.8, 4) is 6.07 Å². The number of nitrogens with zero attached hydrogens (tertiary/aromatic N) is 2. The molecule has 1 heterocycles. The number of ether oxygens (including phenoxy) is 1. The fraction of sp³-hybridized carbons (Fsp3) is 0.333. The summed E-state index contributed by atoms with van der Waals surface area (Å²) in [6.07, 6.45) is 3.81. The van der Waals surface area contributed by atoms with Gasteiger partial charge in [-0.25, -0.2) is 18.1 Å². The number of pyridine rings is 1. The summed E-state index contributed by atoms with van der Waals surface area (Å²) < 4.78 is 31.4. The van der Waals surface area contributed by atoms with Crippen molar-refractivity contribution in [2.24, 2.45) is 0 Å². The first-order valence-corrected chi connectivity index (χ1v) is 7.13. The summed E-state index contributed by atoms with van der Waals surface area (Å²) in [5.41, 5.74) is -0.123. The van der Waals surface area contributed by atoms with Crippen molar-refractivity contribution in [1.29, 1.82) is 5.26 Å². The summed E-state index contributed by atoms with van der Waals surface area (Å²) in [4.78, 5) is 3.59. The number of hydrogen-bond acceptors (Lipinski definition) is 5. The van der Waals surface area contributed by atoms with Crippen molar-refractivity contribution >= 4 is 10.0 Å². The van der Waals surface area contributed by atoms with Crippen molar-refractivity contribution in [3.63, 3.8) is 0 Å². The molecule has 0 radical (unpaired) electrons. The van der Waals surface area contributed by atoms with Gasteiger partial charge in [0, 0.05) is 12.7 Å². The van der Waals surface area contributed by atoms with Crippen molar-refractivity contribution < 1.29 is 13.2 Å². The van der Waals surface area contributed by atoms with E-state index in [0.717, 1.165) is 0 Å². The molecular weight excluding hydrogens is 266 g/mol. The Hall–Kier alpha value is -1.75. The van der Waals surface area contributed by atoms with Gasteiger partial charge in [0.05, 0.1) is 13.2 Å². The van der Waals surface area contributed by atoms with Gasteiger partial charge in [-0.1, -0.05) is 6.08 Å². The normalized spacial score (nSPS) is 10.9. The van der Waals surface area contributed by atoms with Crippen LogP contribution in [-0.2, 0) is 14.8 Å². The molecule has 0 atom stereocenters. The molecule has 0 aliphatic heterocycles. The highest BCUT2D eigenvalue weighted by molar-refractivity contribution is 7.89. The molecule has 0 unspecified atom stereocenters. The van der Waals surface area contributed by atoms with E-state index in [2.05, 4.69) is 16.3 Å². The van der Waals surface area contributed by atoms with E-state index in [1.807, 2.05) is 0 Å². The van der Waals surface area contributed by atoms with E-state index in [-0.39, 0.29) is 23.7 Å². The van der Waals surface area contributed by atoms with Gasteiger partial charge in [0.25, 0.3) is 0 Å². The number of aromatic nitrogens is 1. The predicted molar refractivity (Wildman–Crippen MR) is 69.8 cm³/mol. The Morgan fingerprint density at radius 3 is 3.00 bits per heavy atom. The first kappa shape index (κ1) is 15.3. The molecule has 0 fully saturated rings. The average molecular weight is 281 g/mol. The maximum atomic E-state index is 11.9. The highest BCUT2D eigenvalue weighted by atomic mass is 32.2. The summed E-state index contributed by atoms with van der Waals surface area (Å²) in [5.74, 6) is 0. The van der Waals surface area contributed by atoms with Crippen molar-refractivity contribution in [1.82, 2.24) is 9.71 Å². The maximum absolute atomic E-state index is 11.9. The Labute approximate surface area is 112 Å². The zero-order valence-corrected chi connectivity index (χ0v) is 11.2. The number of sulfonamides is 1. The lowest BCUT2D eigenvalue weighted by atomic mass is 10.4. The molecule has 0 amide bonds. The summed E-state index contributed by atoms with van der Waals surface area (Å²) in [5, 5.41) is 8.81. The SMILES string of the molecule is C=CCCOCCNS(=O)(=O)c1cccnc1C#N. The minimum absolute atomic E-state index is 0.122. The summed E-state index contributed by atoms with van der Waals surface area (Å²) >= 11 is 0. The molecule has 0 aliphatic carbocycles. The van der Waals surface area contributed by atoms with Gasteiger partial charge in [0.2, 0.25) is 10.0 Å². The Kier molecular flexibility index (Phi) is 6.15. The smallest absolute Gasteiger partial charge is 0.243 e. The summed E-state index contributed by atoms with van der Waals surface area (Å²) in [6, 6.07) is 4.56. The van der Waals surface area contributed by atoms with E-state index in [1.165, 1.54) is 18.3 Å². The van der Waals surface area contributed by atoms with E-state index in [4.69, 9.17) is 10.00 Å². The first-order valence-electron chi connectivity index (χ1n) is 5.65. The third-order valence-corrected chi connectivity index (χ3v) is 3.66. The standard InChI is InChI=1S/C12H15N3O3S/c1-2-3-8-18-9-7-15-19(16,17)12-5-4-6-14-11(12)10-13/h2,4-6,15H,1,3,7-9H2. The third-order valence-electron chi connectivity index (χ3n) is 2.17. The highest BCUT2D eigenvalue weighted by Crippen LogP contribution is 2.11. The van der Waals surface area contributed by atoms with E-state index in [1.54, 1.807) is 12.1 Å². The van der Waals surface area contributed by atoms with Crippen LogP contribution < -0.4 is 4.72 Å². The van der Waals surface area contributed by atoms with Gasteiger partial charge in [0.1, 0.15) is 11.0 Å². The van der Waals surface area contributed by atoms with Gasteiger partial charge in [-0.05, 0) is 18.6 Å². The van der Waals surface area contributed by atoms with Crippen molar-refractivity contribution in [3.05, 3.63) is 36.7 Å². The summed E-state index contributed by atoms with van der Waals surface area (Å²) in [7, 11) is -3.73. The first-order chi connectivity index (χ1) is 9.11. The molecule has 1 aromatic heterocycles. The van der Waals surface area contributed by atoms with Gasteiger partial charge in [-0.2, -0.15) is 5.26 Å². The zero-order valence-electron chi connectivity index (χ0n) is 10.4. The fourth-order valence-corrected chi connectivity index (χ4v) is 2.40. The maximum Gasteiger partial charge on any atom is 0.243 e. The third kappa shape index (κ3) is 4.79. The van der Waals surface area contributed by atoms with Crippen molar-refractivity contribution in [2.75, 3.05) is 19.8 Å². The fourth-order valence-electron chi connectivity index (χ4n) is 1.29. The molecular formula is C12H15N3O3S. The minimum atomic E-state index is -3.73. The molecule has 0 saturated heterocycles. The molecule has 0 bridgehead atoms. The van der Waals surface area contributed by atoms with Crippen LogP contribution in [0.4, 0.5) is 0 Å². The lowest BCUT2D eigenvalue weighted by Gasteiger charge is -2.07. The molecule has 1 N–H and O–H groups in total. The lowest BCUT2D eigenvalue weighted by molar-refractivity contribution is 0.144. The average Bonchev–Trinajstić information content (AvgIpc) is 2.42. The molecule has 0 aromatic carbocycles. The lowest BCUT2D eigenvalue weighted by Crippen LogP contribution is -2.28. The molecule has 1 aromatic rings. The van der Waals surface area contributed by atoms with Crippen LogP contribution in [0.3, 0.4) is 0 Å². The van der Waals surface area contributed by atoms with Gasteiger partial charge >= 0.3 is 0 Å². The van der Waals surface area contributed by atoms with E-state index in [9.17, 15) is 8.42 Å². The topological polar surface area (TPSA) is 92.1 Å². The molecule has 0 spiro atoms. The Morgan fingerprint density at radius 1 is 1.53 bits per heavy atom. The van der Waals surface area contributed by atoms with E-state index in [0.29, 0.717) is 13.0 Å². The van der Waals surface area contributed by atoms with Crippen LogP contribution >= 0.6 is 0 Å². The second-order valence-corrected chi connectivity index (χ2v) is 5.28. The van der Waals surface area contributed by atoms with Crippen LogP contribution in [0.2, 0.25) is 0 Å². The van der Waals surface area contributed by atoms with E-state index < -0.39 is 10.0 Å². The number of rotatable bonds is 8. The van der Waals surface area contributed by atoms with Crippen LogP contribution in [-0.4, -0.2) is 33.2 Å². The van der Waals surface area contributed by atoms with Crippen LogP contribution in [0.5, 0.6) is 0 Å². The van der Waals surface area contributed by atoms with Gasteiger partial charge in [-0.3, -0.25) is 0 Å². The molecule has 1 rings (SSSR count). The predicted octanol–water partition coefficient (Wildman–Crippen LogP) is 0.824. The van der Waals surface area contributed by atoms with Gasteiger partial charge in [0.15, 0.2) is 5.69 Å². The van der Waals surface area contributed by atoms with Crippen LogP contribution in [0.25, 0.3) is 0 Å².